The molecule has 3 rings (SSSR count). The predicted molar refractivity (Wildman–Crippen MR) is 109 cm³/mol. The number of carbonyl (C=O) groups is 2. The van der Waals surface area contributed by atoms with Gasteiger partial charge in [0.2, 0.25) is 5.91 Å². The molecule has 156 valence electrons. The lowest BCUT2D eigenvalue weighted by molar-refractivity contribution is -0.118. The van der Waals surface area contributed by atoms with Crippen molar-refractivity contribution in [3.63, 3.8) is 0 Å². The molecule has 0 unspecified atom stereocenters. The zero-order valence-corrected chi connectivity index (χ0v) is 16.4. The van der Waals surface area contributed by atoms with Gasteiger partial charge in [0.15, 0.2) is 0 Å². The minimum atomic E-state index is -4.07. The third-order valence-corrected chi connectivity index (χ3v) is 5.67. The molecule has 0 spiro atoms. The second kappa shape index (κ2) is 7.92. The third-order valence-electron chi connectivity index (χ3n) is 4.34. The summed E-state index contributed by atoms with van der Waals surface area (Å²) in [7, 11) is -3.03. The van der Waals surface area contributed by atoms with Crippen molar-refractivity contribution < 1.29 is 30.0 Å². The number of anilines is 1. The standard InChI is InChI=1S/C19H18FN3O5S.2H2/c1-12(23-11-10-15-16(20)4-3-5-17(15)23)18(24)21-13-6-8-14(9-7-13)29(26,27)22-19(25)28-2;;/h3-12H,1-2H3,(H,21,24)(H,22,25);2*1H/t12-;;/m0../s1. The summed E-state index contributed by atoms with van der Waals surface area (Å²) >= 11 is 0. The van der Waals surface area contributed by atoms with Gasteiger partial charge in [0, 0.05) is 20.1 Å². The minimum Gasteiger partial charge on any atom is -0.452 e. The number of methoxy groups -OCH3 is 1. The normalized spacial score (nSPS) is 12.4. The van der Waals surface area contributed by atoms with Crippen LogP contribution in [0, 0.1) is 5.82 Å². The Labute approximate surface area is 169 Å². The molecule has 1 heterocycles. The summed E-state index contributed by atoms with van der Waals surface area (Å²) in [4.78, 5) is 23.5. The molecule has 0 saturated heterocycles. The molecule has 3 aromatic rings. The van der Waals surface area contributed by atoms with Gasteiger partial charge >= 0.3 is 6.09 Å². The first kappa shape index (κ1) is 20.3. The van der Waals surface area contributed by atoms with E-state index in [4.69, 9.17) is 0 Å². The Kier molecular flexibility index (Phi) is 5.55. The number of rotatable bonds is 5. The van der Waals surface area contributed by atoms with Crippen LogP contribution in [0.5, 0.6) is 0 Å². The highest BCUT2D eigenvalue weighted by Gasteiger charge is 2.20. The summed E-state index contributed by atoms with van der Waals surface area (Å²) in [5.41, 5.74) is 0.949. The Balaban J connectivity index is 0.00000240. The molecule has 0 aliphatic heterocycles. The fraction of sp³-hybridized carbons (Fsp3) is 0.158. The smallest absolute Gasteiger partial charge is 0.420 e. The van der Waals surface area contributed by atoms with Crippen LogP contribution in [0.15, 0.2) is 59.6 Å². The number of sulfonamides is 1. The van der Waals surface area contributed by atoms with Gasteiger partial charge in [-0.3, -0.25) is 4.79 Å². The second-order valence-electron chi connectivity index (χ2n) is 6.18. The number of hydrogen-bond donors (Lipinski definition) is 2. The van der Waals surface area contributed by atoms with Crippen LogP contribution >= 0.6 is 0 Å². The number of benzene rings is 2. The van der Waals surface area contributed by atoms with Crippen LogP contribution in [-0.2, 0) is 19.6 Å². The number of fused-ring (bicyclic) bond motifs is 1. The Morgan fingerprint density at radius 3 is 2.48 bits per heavy atom. The molecule has 1 aromatic heterocycles. The highest BCUT2D eigenvalue weighted by Crippen LogP contribution is 2.23. The second-order valence-corrected chi connectivity index (χ2v) is 7.86. The molecule has 0 aliphatic rings. The molecule has 29 heavy (non-hydrogen) atoms. The van der Waals surface area contributed by atoms with Gasteiger partial charge in [-0.05, 0) is 49.4 Å². The van der Waals surface area contributed by atoms with Crippen LogP contribution in [0.4, 0.5) is 14.9 Å². The van der Waals surface area contributed by atoms with Gasteiger partial charge < -0.3 is 14.6 Å². The fourth-order valence-corrected chi connectivity index (χ4v) is 3.70. The summed E-state index contributed by atoms with van der Waals surface area (Å²) in [5.74, 6) is -0.735. The molecule has 0 fully saturated rings. The summed E-state index contributed by atoms with van der Waals surface area (Å²) < 4.78 is 45.5. The molecule has 0 bridgehead atoms. The van der Waals surface area contributed by atoms with E-state index in [-0.39, 0.29) is 19.5 Å². The van der Waals surface area contributed by atoms with Crippen LogP contribution in [0.2, 0.25) is 0 Å². The number of nitrogens with one attached hydrogen (secondary N) is 2. The van der Waals surface area contributed by atoms with E-state index in [1.54, 1.807) is 40.6 Å². The Bertz CT molecular complexity index is 1180. The number of amides is 2. The maximum atomic E-state index is 13.8. The van der Waals surface area contributed by atoms with Crippen LogP contribution in [-0.4, -0.2) is 32.1 Å². The Morgan fingerprint density at radius 2 is 1.83 bits per heavy atom. The minimum absolute atomic E-state index is 0. The quantitative estimate of drug-likeness (QED) is 0.653. The van der Waals surface area contributed by atoms with E-state index in [0.717, 1.165) is 7.11 Å². The summed E-state index contributed by atoms with van der Waals surface area (Å²) in [6, 6.07) is 10.9. The number of halogens is 1. The topological polar surface area (TPSA) is 106 Å². The first-order valence-electron chi connectivity index (χ1n) is 8.49. The predicted octanol–water partition coefficient (Wildman–Crippen LogP) is 3.52. The molecule has 2 aromatic carbocycles. The summed E-state index contributed by atoms with van der Waals surface area (Å²) in [6.45, 7) is 1.67. The van der Waals surface area contributed by atoms with Gasteiger partial charge in [-0.15, -0.1) is 0 Å². The highest BCUT2D eigenvalue weighted by atomic mass is 32.2. The van der Waals surface area contributed by atoms with E-state index in [1.165, 1.54) is 30.3 Å². The van der Waals surface area contributed by atoms with Gasteiger partial charge in [0.25, 0.3) is 10.0 Å². The molecule has 0 aliphatic carbocycles. The molecular formula is C19H22FN3O5S. The van der Waals surface area contributed by atoms with Crippen molar-refractivity contribution in [3.8, 4) is 0 Å². The number of ether oxygens (including phenoxy) is 1. The van der Waals surface area contributed by atoms with Crippen molar-refractivity contribution in [3.05, 3.63) is 60.5 Å². The van der Waals surface area contributed by atoms with Gasteiger partial charge in [0.05, 0.1) is 17.5 Å². The largest absolute Gasteiger partial charge is 0.452 e. The fourth-order valence-electron chi connectivity index (χ4n) is 2.79. The monoisotopic (exact) mass is 423 g/mol. The van der Waals surface area contributed by atoms with Crippen molar-refractivity contribution in [1.29, 1.82) is 0 Å². The highest BCUT2D eigenvalue weighted by molar-refractivity contribution is 7.90. The SMILES string of the molecule is COC(=O)NS(=O)(=O)c1ccc(NC(=O)[C@H](C)n2ccc3c(F)cccc32)cc1.[HH].[HH]. The lowest BCUT2D eigenvalue weighted by Crippen LogP contribution is -2.30. The van der Waals surface area contributed by atoms with Crippen molar-refractivity contribution in [1.82, 2.24) is 9.29 Å². The summed E-state index contributed by atoms with van der Waals surface area (Å²) in [6.07, 6.45) is 0.526. The van der Waals surface area contributed by atoms with E-state index in [1.807, 2.05) is 0 Å². The van der Waals surface area contributed by atoms with Gasteiger partial charge in [0.1, 0.15) is 11.9 Å². The first-order valence-corrected chi connectivity index (χ1v) is 9.98. The van der Waals surface area contributed by atoms with Crippen molar-refractivity contribution in [2.45, 2.75) is 17.9 Å². The number of hydrogen-bond acceptors (Lipinski definition) is 5. The average Bonchev–Trinajstić information content (AvgIpc) is 3.12. The van der Waals surface area contributed by atoms with Crippen molar-refractivity contribution >= 4 is 38.6 Å². The van der Waals surface area contributed by atoms with Gasteiger partial charge in [-0.2, -0.15) is 0 Å². The van der Waals surface area contributed by atoms with Gasteiger partial charge in [-0.1, -0.05) is 6.07 Å². The zero-order chi connectivity index (χ0) is 21.2. The molecule has 2 N–H and O–H groups in total. The molecular weight excluding hydrogens is 401 g/mol. The van der Waals surface area contributed by atoms with Crippen LogP contribution in [0.1, 0.15) is 15.8 Å². The number of carbonyl (C=O) groups excluding carboxylic acids is 2. The van der Waals surface area contributed by atoms with Crippen LogP contribution in [0.3, 0.4) is 0 Å². The first-order chi connectivity index (χ1) is 13.7. The molecule has 10 heteroatoms. The average molecular weight is 423 g/mol. The van der Waals surface area contributed by atoms with Gasteiger partial charge in [-0.25, -0.2) is 22.3 Å². The van der Waals surface area contributed by atoms with Crippen LogP contribution < -0.4 is 10.0 Å². The third kappa shape index (κ3) is 4.21. The Hall–Kier alpha value is -3.40. The maximum Gasteiger partial charge on any atom is 0.420 e. The maximum absolute atomic E-state index is 13.8. The molecule has 1 atom stereocenters. The Morgan fingerprint density at radius 1 is 1.14 bits per heavy atom. The van der Waals surface area contributed by atoms with Crippen molar-refractivity contribution in [2.75, 3.05) is 12.4 Å². The van der Waals surface area contributed by atoms with Crippen molar-refractivity contribution in [2.24, 2.45) is 0 Å². The lowest BCUT2D eigenvalue weighted by atomic mass is 10.2. The number of aromatic nitrogens is 1. The molecule has 0 saturated carbocycles. The summed E-state index contributed by atoms with van der Waals surface area (Å²) in [5, 5.41) is 3.10. The van der Waals surface area contributed by atoms with E-state index in [9.17, 15) is 22.4 Å². The van der Waals surface area contributed by atoms with Crippen LogP contribution in [0.25, 0.3) is 10.9 Å². The van der Waals surface area contributed by atoms with E-state index in [0.29, 0.717) is 16.6 Å². The molecule has 8 nitrogen and oxygen atoms in total. The van der Waals surface area contributed by atoms with E-state index in [2.05, 4.69) is 10.1 Å². The molecule has 2 amide bonds. The lowest BCUT2D eigenvalue weighted by Gasteiger charge is -2.16. The van der Waals surface area contributed by atoms with E-state index >= 15 is 0 Å². The zero-order valence-electron chi connectivity index (χ0n) is 15.5. The van der Waals surface area contributed by atoms with E-state index < -0.39 is 22.2 Å². The molecule has 0 radical (unpaired) electrons. The number of nitrogens with zero attached hydrogens (tertiary/aromatic N) is 1.